The SMILES string of the molecule is CCC(C)N.CCC(C)N(CC(=O)NCc1cccc(Cl)c1F)C(=O)Cn1nc(C(N)=O)c2ccccc21.CCC(C)NCC(=O)NCc1cccc(Cl)c1F.NC(=O)c1nn(CC(=O)O)c2ccccc12.O=C(CCl)CCc1cccc(Cl)c1F.O=CO[O-].[H-].[K+].[K+]. The molecule has 2 heterocycles. The number of primary amides is 2. The number of amides is 5. The van der Waals surface area contributed by atoms with E-state index in [0.29, 0.717) is 57.9 Å². The zero-order valence-electron chi connectivity index (χ0n) is 53.3. The van der Waals surface area contributed by atoms with Gasteiger partial charge in [-0.1, -0.05) is 128 Å². The van der Waals surface area contributed by atoms with Crippen LogP contribution >= 0.6 is 46.4 Å². The number of ketones is 1. The van der Waals surface area contributed by atoms with Crippen LogP contribution in [0.1, 0.15) is 106 Å². The first kappa shape index (κ1) is 87.1. The van der Waals surface area contributed by atoms with Crippen molar-refractivity contribution < 1.29 is 171 Å². The van der Waals surface area contributed by atoms with Gasteiger partial charge in [0.2, 0.25) is 17.7 Å². The Morgan fingerprint density at radius 1 is 0.674 bits per heavy atom. The van der Waals surface area contributed by atoms with E-state index in [0.717, 1.165) is 12.8 Å². The van der Waals surface area contributed by atoms with Gasteiger partial charge in [0.05, 0.1) is 45.1 Å². The molecule has 3 unspecified atom stereocenters. The number of benzene rings is 5. The summed E-state index contributed by atoms with van der Waals surface area (Å²) >= 11 is 22.3. The Balaban J connectivity index is 0. The number of Topliss-reactive ketones (excluding diaryl/α,β-unsaturated/α-hetero) is 1. The molecule has 92 heavy (non-hydrogen) atoms. The molecular formula is C61H74Cl4F3K2N11O11. The molecule has 0 fully saturated rings. The number of aliphatic carboxylic acids is 1. The fourth-order valence-electron chi connectivity index (χ4n) is 7.44. The summed E-state index contributed by atoms with van der Waals surface area (Å²) < 4.78 is 43.5. The molecule has 0 aliphatic rings. The summed E-state index contributed by atoms with van der Waals surface area (Å²) in [7, 11) is 0. The Labute approximate surface area is 637 Å². The molecule has 0 saturated carbocycles. The first-order chi connectivity index (χ1) is 42.7. The van der Waals surface area contributed by atoms with Crippen molar-refractivity contribution in [3.63, 3.8) is 0 Å². The molecule has 7 rings (SSSR count). The molecule has 490 valence electrons. The van der Waals surface area contributed by atoms with Crippen molar-refractivity contribution in [2.24, 2.45) is 17.2 Å². The first-order valence-electron chi connectivity index (χ1n) is 27.8. The number of nitrogens with zero attached hydrogens (tertiary/aromatic N) is 5. The van der Waals surface area contributed by atoms with E-state index in [9.17, 15) is 46.7 Å². The van der Waals surface area contributed by atoms with Crippen molar-refractivity contribution in [3.05, 3.63) is 164 Å². The normalized spacial score (nSPS) is 11.1. The molecule has 5 aromatic carbocycles. The molecule has 5 amide bonds. The average Bonchev–Trinajstić information content (AvgIpc) is 1.67. The first-order valence-corrected chi connectivity index (χ1v) is 29.5. The van der Waals surface area contributed by atoms with Crippen LogP contribution in [0.15, 0.2) is 103 Å². The van der Waals surface area contributed by atoms with E-state index in [4.69, 9.17) is 78.8 Å². The predicted octanol–water partition coefficient (Wildman–Crippen LogP) is 2.09. The van der Waals surface area contributed by atoms with Crippen molar-refractivity contribution in [3.8, 4) is 0 Å². The number of halogens is 7. The van der Waals surface area contributed by atoms with E-state index < -0.39 is 41.1 Å². The van der Waals surface area contributed by atoms with Crippen LogP contribution in [0.4, 0.5) is 13.2 Å². The van der Waals surface area contributed by atoms with Crippen LogP contribution in [0, 0.1) is 17.5 Å². The van der Waals surface area contributed by atoms with Crippen LogP contribution in [0.2, 0.25) is 15.1 Å². The quantitative estimate of drug-likeness (QED) is 0.0150. The van der Waals surface area contributed by atoms with Crippen molar-refractivity contribution in [2.75, 3.05) is 19.0 Å². The Bertz CT molecular complexity index is 3530. The average molecular weight is 1410 g/mol. The fourth-order valence-corrected chi connectivity index (χ4v) is 8.16. The number of aromatic nitrogens is 4. The number of nitrogens with one attached hydrogen (secondary N) is 3. The molecule has 2 aromatic heterocycles. The van der Waals surface area contributed by atoms with Gasteiger partial charge < -0.3 is 54.7 Å². The number of aryl methyl sites for hydroxylation is 1. The maximum absolute atomic E-state index is 14.1. The summed E-state index contributed by atoms with van der Waals surface area (Å²) in [6.45, 7) is 11.3. The minimum atomic E-state index is -1.02. The molecule has 7 aromatic rings. The molecule has 0 aliphatic carbocycles. The van der Waals surface area contributed by atoms with Gasteiger partial charge in [-0.05, 0) is 82.3 Å². The molecule has 0 saturated heterocycles. The third kappa shape index (κ3) is 30.7. The van der Waals surface area contributed by atoms with E-state index in [2.05, 4.69) is 38.0 Å². The second-order valence-corrected chi connectivity index (χ2v) is 21.1. The van der Waals surface area contributed by atoms with Gasteiger partial charge in [0.1, 0.15) is 36.3 Å². The van der Waals surface area contributed by atoms with E-state index in [1.165, 1.54) is 38.5 Å². The molecule has 10 N–H and O–H groups in total. The van der Waals surface area contributed by atoms with Crippen LogP contribution in [0.5, 0.6) is 0 Å². The number of para-hydroxylation sites is 2. The smallest absolute Gasteiger partial charge is 1.00 e. The van der Waals surface area contributed by atoms with E-state index in [1.807, 2.05) is 34.6 Å². The number of fused-ring (bicyclic) bond motifs is 2. The fraction of sp³-hybridized carbons (Fsp3) is 0.344. The molecular weight excluding hydrogens is 1340 g/mol. The number of carbonyl (C=O) groups excluding carboxylic acids is 7. The van der Waals surface area contributed by atoms with Crippen LogP contribution in [-0.2, 0) is 66.3 Å². The monoisotopic (exact) mass is 1410 g/mol. The van der Waals surface area contributed by atoms with Gasteiger partial charge >= 0.3 is 109 Å². The van der Waals surface area contributed by atoms with Crippen molar-refractivity contribution >= 4 is 116 Å². The zero-order valence-corrected chi connectivity index (χ0v) is 61.5. The minimum Gasteiger partial charge on any atom is -1.00 e. The molecule has 0 spiro atoms. The molecule has 3 atom stereocenters. The standard InChI is InChI=1S/C23H25ClFN5O3.C13H18ClFN2O.C10H9Cl2FO.C10H9N3O3.C4H11N.CH2O3.2K.H/c1-3-14(2)29(12-19(31)27-11-15-7-6-9-17(24)21(15)25)20(32)13-30-18-10-5-4-8-16(18)22(28-30)23(26)33;1-3-9(2)16-8-12(18)17-7-10-5-4-6-11(14)13(10)15;11-6-8(14)5-4-7-2-1-3-9(12)10(7)13;11-10(16)9-6-3-1-2-4-7(6)13(12-9)5-8(14)15;1-3-4(2)5;2-1-4-3;;;/h4-10,14H,3,11-13H2,1-2H3,(H2,26,33)(H,27,31);4-6,9,16H,3,7-8H2,1-2H3,(H,17,18);1-3H,4-6H2;1-4H,5H2,(H2,11,16)(H,14,15);4H,3,5H2,1-2H3;1,3H;;;/q;;;;;;2*+1;-1/p-1. The number of hydrogen-bond acceptors (Lipinski definition) is 14. The van der Waals surface area contributed by atoms with E-state index >= 15 is 0 Å². The van der Waals surface area contributed by atoms with Gasteiger partial charge in [0, 0.05) is 59.5 Å². The molecule has 0 bridgehead atoms. The number of hydrogen-bond donors (Lipinski definition) is 7. The van der Waals surface area contributed by atoms with Gasteiger partial charge in [-0.15, -0.1) is 11.6 Å². The second kappa shape index (κ2) is 47.1. The predicted molar refractivity (Wildman–Crippen MR) is 338 cm³/mol. The summed E-state index contributed by atoms with van der Waals surface area (Å²) in [5.74, 6) is -4.96. The molecule has 0 radical (unpaired) electrons. The summed E-state index contributed by atoms with van der Waals surface area (Å²) in [6.07, 6.45) is 3.25. The second-order valence-electron chi connectivity index (χ2n) is 19.6. The molecule has 0 aliphatic heterocycles. The van der Waals surface area contributed by atoms with Crippen molar-refractivity contribution in [2.45, 2.75) is 118 Å². The van der Waals surface area contributed by atoms with E-state index in [1.54, 1.807) is 78.9 Å². The summed E-state index contributed by atoms with van der Waals surface area (Å²) in [4.78, 5) is 94.3. The Hall–Kier alpha value is -4.90. The summed E-state index contributed by atoms with van der Waals surface area (Å²) in [6, 6.07) is 28.3. The number of rotatable bonds is 24. The number of carbonyl (C=O) groups is 8. The minimum absolute atomic E-state index is 0. The maximum atomic E-state index is 14.1. The van der Waals surface area contributed by atoms with Crippen molar-refractivity contribution in [1.29, 1.82) is 0 Å². The Morgan fingerprint density at radius 3 is 1.48 bits per heavy atom. The maximum Gasteiger partial charge on any atom is 1.00 e. The van der Waals surface area contributed by atoms with Gasteiger partial charge in [0.15, 0.2) is 11.4 Å². The summed E-state index contributed by atoms with van der Waals surface area (Å²) in [5.41, 5.74) is 18.3. The molecule has 31 heteroatoms. The van der Waals surface area contributed by atoms with Crippen molar-refractivity contribution in [1.82, 2.24) is 40.4 Å². The van der Waals surface area contributed by atoms with Crippen LogP contribution in [0.25, 0.3) is 21.8 Å². The number of carboxylic acids is 1. The van der Waals surface area contributed by atoms with Gasteiger partial charge in [-0.3, -0.25) is 47.7 Å². The van der Waals surface area contributed by atoms with Gasteiger partial charge in [-0.25, -0.2) is 13.2 Å². The largest absolute Gasteiger partial charge is 1.00 e. The van der Waals surface area contributed by atoms with Crippen LogP contribution in [0.3, 0.4) is 0 Å². The third-order valence-electron chi connectivity index (χ3n) is 12.9. The van der Waals surface area contributed by atoms with Crippen LogP contribution < -0.4 is 141 Å². The van der Waals surface area contributed by atoms with Gasteiger partial charge in [0.25, 0.3) is 18.3 Å². The topological polar surface area (TPSA) is 342 Å². The zero-order chi connectivity index (χ0) is 67.6. The Kier molecular flexibility index (Phi) is 44.6. The number of alkyl halides is 1. The summed E-state index contributed by atoms with van der Waals surface area (Å²) in [5, 5.41) is 34.8. The molecule has 22 nitrogen and oxygen atoms in total. The number of nitrogens with two attached hydrogens (primary N) is 3. The third-order valence-corrected chi connectivity index (χ3v) is 14.1. The van der Waals surface area contributed by atoms with Gasteiger partial charge in [-0.2, -0.15) is 10.2 Å². The Morgan fingerprint density at radius 2 is 1.09 bits per heavy atom. The number of carboxylic acid groups (broad SMARTS) is 1. The van der Waals surface area contributed by atoms with E-state index in [-0.39, 0.29) is 218 Å². The van der Waals surface area contributed by atoms with Crippen LogP contribution in [-0.4, -0.2) is 114 Å².